The summed E-state index contributed by atoms with van der Waals surface area (Å²) in [5, 5.41) is 8.52. The van der Waals surface area contributed by atoms with Crippen LogP contribution in [-0.2, 0) is 11.2 Å². The molecule has 0 unspecified atom stereocenters. The first kappa shape index (κ1) is 8.59. The lowest BCUT2D eigenvalue weighted by Gasteiger charge is -1.93. The number of carboxylic acids is 1. The zero-order valence-electron chi connectivity index (χ0n) is 6.83. The molecule has 0 saturated heterocycles. The summed E-state index contributed by atoms with van der Waals surface area (Å²) in [5.41, 5.74) is 1.47. The molecule has 64 valence electrons. The summed E-state index contributed by atoms with van der Waals surface area (Å²) < 4.78 is 5.05. The van der Waals surface area contributed by atoms with Crippen LogP contribution >= 0.6 is 0 Å². The van der Waals surface area contributed by atoms with E-state index in [4.69, 9.17) is 9.52 Å². The van der Waals surface area contributed by atoms with E-state index >= 15 is 0 Å². The number of carboxylic acid groups (broad SMARTS) is 1. The minimum absolute atomic E-state index is 0.0152. The smallest absolute Gasteiger partial charge is 0.307 e. The highest BCUT2D eigenvalue weighted by Gasteiger charge is 2.09. The van der Waals surface area contributed by atoms with Crippen LogP contribution in [0.3, 0.4) is 0 Å². The second-order valence-electron chi connectivity index (χ2n) is 2.51. The first-order valence-corrected chi connectivity index (χ1v) is 3.56. The van der Waals surface area contributed by atoms with Crippen molar-refractivity contribution in [3.63, 3.8) is 0 Å². The molecule has 0 spiro atoms. The molecule has 0 radical (unpaired) electrons. The Morgan fingerprint density at radius 1 is 1.83 bits per heavy atom. The summed E-state index contributed by atoms with van der Waals surface area (Å²) in [6.45, 7) is 5.36. The summed E-state index contributed by atoms with van der Waals surface area (Å²) in [5.74, 6) is -0.153. The Morgan fingerprint density at radius 2 is 2.50 bits per heavy atom. The molecular weight excluding hydrogens is 156 g/mol. The first-order valence-electron chi connectivity index (χ1n) is 3.56. The van der Waals surface area contributed by atoms with Gasteiger partial charge in [-0.25, -0.2) is 0 Å². The van der Waals surface area contributed by atoms with Crippen LogP contribution in [0.2, 0.25) is 0 Å². The third-order valence-electron chi connectivity index (χ3n) is 1.65. The van der Waals surface area contributed by atoms with Crippen LogP contribution in [0.15, 0.2) is 17.3 Å². The number of aliphatic carboxylic acids is 1. The van der Waals surface area contributed by atoms with Crippen molar-refractivity contribution in [2.45, 2.75) is 13.3 Å². The molecule has 1 heterocycles. The quantitative estimate of drug-likeness (QED) is 0.745. The van der Waals surface area contributed by atoms with Crippen LogP contribution in [-0.4, -0.2) is 11.1 Å². The number of furan rings is 1. The van der Waals surface area contributed by atoms with E-state index in [2.05, 4.69) is 6.58 Å². The zero-order chi connectivity index (χ0) is 9.14. The molecule has 0 aliphatic heterocycles. The lowest BCUT2D eigenvalue weighted by atomic mass is 10.1. The Morgan fingerprint density at radius 3 is 3.00 bits per heavy atom. The monoisotopic (exact) mass is 166 g/mol. The lowest BCUT2D eigenvalue weighted by Crippen LogP contribution is -1.99. The second-order valence-corrected chi connectivity index (χ2v) is 2.51. The van der Waals surface area contributed by atoms with E-state index in [1.54, 1.807) is 13.0 Å². The molecular formula is C9H10O3. The van der Waals surface area contributed by atoms with Gasteiger partial charge >= 0.3 is 5.97 Å². The number of hydrogen-bond acceptors (Lipinski definition) is 2. The number of rotatable bonds is 3. The Hall–Kier alpha value is -1.51. The molecule has 1 rings (SSSR count). The van der Waals surface area contributed by atoms with Gasteiger partial charge in [-0.15, -0.1) is 0 Å². The van der Waals surface area contributed by atoms with Crippen molar-refractivity contribution in [2.24, 2.45) is 0 Å². The van der Waals surface area contributed by atoms with E-state index in [1.165, 1.54) is 6.26 Å². The highest BCUT2D eigenvalue weighted by Crippen LogP contribution is 2.17. The number of carbonyl (C=O) groups is 1. The van der Waals surface area contributed by atoms with Crippen molar-refractivity contribution in [3.05, 3.63) is 29.7 Å². The maximum absolute atomic E-state index is 10.4. The van der Waals surface area contributed by atoms with Crippen LogP contribution in [0, 0.1) is 6.92 Å². The minimum Gasteiger partial charge on any atom is -0.481 e. The van der Waals surface area contributed by atoms with Crippen LogP contribution in [0.1, 0.15) is 16.9 Å². The Labute approximate surface area is 70.3 Å². The molecule has 1 N–H and O–H groups in total. The van der Waals surface area contributed by atoms with Gasteiger partial charge in [-0.3, -0.25) is 4.79 Å². The Bertz CT molecular complexity index is 310. The maximum Gasteiger partial charge on any atom is 0.307 e. The molecule has 12 heavy (non-hydrogen) atoms. The van der Waals surface area contributed by atoms with Crippen molar-refractivity contribution in [1.82, 2.24) is 0 Å². The van der Waals surface area contributed by atoms with Crippen molar-refractivity contribution in [3.8, 4) is 0 Å². The Kier molecular flexibility index (Phi) is 2.33. The van der Waals surface area contributed by atoms with Gasteiger partial charge in [0, 0.05) is 11.1 Å². The third-order valence-corrected chi connectivity index (χ3v) is 1.65. The normalized spacial score (nSPS) is 9.75. The maximum atomic E-state index is 10.4. The van der Waals surface area contributed by atoms with E-state index in [1.807, 2.05) is 0 Å². The SMILES string of the molecule is C=Cc1c(CC(=O)O)coc1C. The molecule has 0 amide bonds. The van der Waals surface area contributed by atoms with Crippen molar-refractivity contribution in [2.75, 3.05) is 0 Å². The molecule has 0 aromatic carbocycles. The minimum atomic E-state index is -0.862. The van der Waals surface area contributed by atoms with Gasteiger partial charge in [0.25, 0.3) is 0 Å². The van der Waals surface area contributed by atoms with Gasteiger partial charge in [-0.2, -0.15) is 0 Å². The average molecular weight is 166 g/mol. The molecule has 0 aliphatic carbocycles. The van der Waals surface area contributed by atoms with E-state index in [0.717, 1.165) is 5.56 Å². The van der Waals surface area contributed by atoms with Gasteiger partial charge in [-0.05, 0) is 6.92 Å². The second kappa shape index (κ2) is 3.26. The van der Waals surface area contributed by atoms with E-state index in [9.17, 15) is 4.79 Å². The largest absolute Gasteiger partial charge is 0.481 e. The highest BCUT2D eigenvalue weighted by atomic mass is 16.4. The fourth-order valence-corrected chi connectivity index (χ4v) is 1.09. The summed E-state index contributed by atoms with van der Waals surface area (Å²) in [6.07, 6.45) is 3.05. The van der Waals surface area contributed by atoms with Crippen LogP contribution < -0.4 is 0 Å². The fourth-order valence-electron chi connectivity index (χ4n) is 1.09. The third kappa shape index (κ3) is 1.56. The van der Waals surface area contributed by atoms with Gasteiger partial charge in [0.15, 0.2) is 0 Å². The summed E-state index contributed by atoms with van der Waals surface area (Å²) in [6, 6.07) is 0. The van der Waals surface area contributed by atoms with Gasteiger partial charge in [0.05, 0.1) is 12.7 Å². The van der Waals surface area contributed by atoms with Crippen LogP contribution in [0.5, 0.6) is 0 Å². The average Bonchev–Trinajstić information content (AvgIpc) is 2.30. The van der Waals surface area contributed by atoms with Gasteiger partial charge in [0.2, 0.25) is 0 Å². The Balaban J connectivity index is 2.99. The molecule has 1 aromatic heterocycles. The topological polar surface area (TPSA) is 50.4 Å². The lowest BCUT2D eigenvalue weighted by molar-refractivity contribution is -0.136. The van der Waals surface area contributed by atoms with Crippen molar-refractivity contribution < 1.29 is 14.3 Å². The molecule has 3 nitrogen and oxygen atoms in total. The van der Waals surface area contributed by atoms with Crippen molar-refractivity contribution in [1.29, 1.82) is 0 Å². The molecule has 0 fully saturated rings. The zero-order valence-corrected chi connectivity index (χ0v) is 6.83. The van der Waals surface area contributed by atoms with E-state index in [0.29, 0.717) is 11.3 Å². The standard InChI is InChI=1S/C9H10O3/c1-3-8-6(2)12-5-7(8)4-9(10)11/h3,5H,1,4H2,2H3,(H,10,11). The van der Waals surface area contributed by atoms with Gasteiger partial charge in [-0.1, -0.05) is 12.7 Å². The van der Waals surface area contributed by atoms with E-state index in [-0.39, 0.29) is 6.42 Å². The predicted octanol–water partition coefficient (Wildman–Crippen LogP) is 1.86. The summed E-state index contributed by atoms with van der Waals surface area (Å²) in [7, 11) is 0. The molecule has 3 heteroatoms. The summed E-state index contributed by atoms with van der Waals surface area (Å²) >= 11 is 0. The van der Waals surface area contributed by atoms with Crippen LogP contribution in [0.4, 0.5) is 0 Å². The molecule has 0 atom stereocenters. The van der Waals surface area contributed by atoms with Gasteiger partial charge in [0.1, 0.15) is 5.76 Å². The number of hydrogen-bond donors (Lipinski definition) is 1. The van der Waals surface area contributed by atoms with Crippen molar-refractivity contribution >= 4 is 12.0 Å². The fraction of sp³-hybridized carbons (Fsp3) is 0.222. The highest BCUT2D eigenvalue weighted by molar-refractivity contribution is 5.72. The first-order chi connectivity index (χ1) is 5.65. The molecule has 0 bridgehead atoms. The van der Waals surface area contributed by atoms with E-state index < -0.39 is 5.97 Å². The summed E-state index contributed by atoms with van der Waals surface area (Å²) in [4.78, 5) is 10.4. The molecule has 0 aliphatic rings. The molecule has 0 saturated carbocycles. The van der Waals surface area contributed by atoms with Crippen LogP contribution in [0.25, 0.3) is 6.08 Å². The molecule has 1 aromatic rings. The predicted molar refractivity (Wildman–Crippen MR) is 44.9 cm³/mol. The van der Waals surface area contributed by atoms with Gasteiger partial charge < -0.3 is 9.52 Å². The number of aryl methyl sites for hydroxylation is 1.